The molecular weight excluding hydrogens is 330 g/mol. The lowest BCUT2D eigenvalue weighted by Crippen LogP contribution is -2.39. The number of likely N-dealkylation sites (tertiary alicyclic amines) is 1. The summed E-state index contributed by atoms with van der Waals surface area (Å²) in [5.74, 6) is 1.57. The molecular formula is C19H31N5O2. The standard InChI is InChI=1S/C19H31N5O2/c1-26-19-21-8-5-17(22-19)24-12-6-16(7-13-24)15-18(25)20-9-14-23-10-3-2-4-11-23/h5,8,16H,2-4,6-7,9-15H2,1H3,(H,20,25). The number of nitrogens with one attached hydrogen (secondary N) is 1. The molecule has 7 nitrogen and oxygen atoms in total. The number of hydrogen-bond donors (Lipinski definition) is 1. The summed E-state index contributed by atoms with van der Waals surface area (Å²) in [7, 11) is 1.58. The summed E-state index contributed by atoms with van der Waals surface area (Å²) in [5.41, 5.74) is 0. The fraction of sp³-hybridized carbons (Fsp3) is 0.737. The van der Waals surface area contributed by atoms with Crippen LogP contribution < -0.4 is 15.0 Å². The molecule has 2 aliphatic rings. The maximum atomic E-state index is 12.2. The fourth-order valence-corrected chi connectivity index (χ4v) is 3.84. The van der Waals surface area contributed by atoms with Crippen LogP contribution in [0.3, 0.4) is 0 Å². The summed E-state index contributed by atoms with van der Waals surface area (Å²) >= 11 is 0. The summed E-state index contributed by atoms with van der Waals surface area (Å²) in [4.78, 5) is 25.4. The van der Waals surface area contributed by atoms with Crippen LogP contribution >= 0.6 is 0 Å². The van der Waals surface area contributed by atoms with Gasteiger partial charge in [-0.2, -0.15) is 4.98 Å². The maximum absolute atomic E-state index is 12.2. The number of carbonyl (C=O) groups is 1. The van der Waals surface area contributed by atoms with E-state index in [2.05, 4.69) is 25.1 Å². The zero-order valence-electron chi connectivity index (χ0n) is 15.8. The van der Waals surface area contributed by atoms with Crippen molar-refractivity contribution in [1.82, 2.24) is 20.2 Å². The van der Waals surface area contributed by atoms with Crippen molar-refractivity contribution in [2.75, 3.05) is 51.3 Å². The molecule has 3 rings (SSSR count). The van der Waals surface area contributed by atoms with Crippen molar-refractivity contribution in [1.29, 1.82) is 0 Å². The van der Waals surface area contributed by atoms with E-state index in [-0.39, 0.29) is 5.91 Å². The minimum Gasteiger partial charge on any atom is -0.467 e. The SMILES string of the molecule is COc1nccc(N2CCC(CC(=O)NCCN3CCCCC3)CC2)n1. The van der Waals surface area contributed by atoms with E-state index in [4.69, 9.17) is 4.74 Å². The predicted molar refractivity (Wildman–Crippen MR) is 101 cm³/mol. The number of hydrogen-bond acceptors (Lipinski definition) is 6. The third-order valence-corrected chi connectivity index (χ3v) is 5.41. The number of anilines is 1. The van der Waals surface area contributed by atoms with Gasteiger partial charge in [0.1, 0.15) is 5.82 Å². The number of piperidine rings is 2. The van der Waals surface area contributed by atoms with E-state index in [1.54, 1.807) is 13.3 Å². The van der Waals surface area contributed by atoms with Gasteiger partial charge in [-0.15, -0.1) is 0 Å². The molecule has 0 radical (unpaired) electrons. The molecule has 2 aliphatic heterocycles. The lowest BCUT2D eigenvalue weighted by atomic mass is 9.93. The first-order valence-corrected chi connectivity index (χ1v) is 9.85. The van der Waals surface area contributed by atoms with Gasteiger partial charge in [-0.1, -0.05) is 6.42 Å². The third-order valence-electron chi connectivity index (χ3n) is 5.41. The van der Waals surface area contributed by atoms with Gasteiger partial charge in [0.15, 0.2) is 0 Å². The maximum Gasteiger partial charge on any atom is 0.318 e. The molecule has 0 unspecified atom stereocenters. The van der Waals surface area contributed by atoms with E-state index in [0.717, 1.165) is 44.8 Å². The van der Waals surface area contributed by atoms with Gasteiger partial charge in [0.25, 0.3) is 0 Å². The van der Waals surface area contributed by atoms with Gasteiger partial charge in [-0.05, 0) is 50.8 Å². The van der Waals surface area contributed by atoms with Gasteiger partial charge in [0.05, 0.1) is 7.11 Å². The van der Waals surface area contributed by atoms with Gasteiger partial charge >= 0.3 is 6.01 Å². The fourth-order valence-electron chi connectivity index (χ4n) is 3.84. The minimum absolute atomic E-state index is 0.198. The number of rotatable bonds is 7. The lowest BCUT2D eigenvalue weighted by Gasteiger charge is -2.32. The summed E-state index contributed by atoms with van der Waals surface area (Å²) < 4.78 is 5.10. The van der Waals surface area contributed by atoms with Crippen LogP contribution in [-0.2, 0) is 4.79 Å². The quantitative estimate of drug-likeness (QED) is 0.797. The Kier molecular flexibility index (Phi) is 7.05. The third kappa shape index (κ3) is 5.56. The van der Waals surface area contributed by atoms with Gasteiger partial charge in [0.2, 0.25) is 5.91 Å². The van der Waals surface area contributed by atoms with Gasteiger partial charge in [0, 0.05) is 38.8 Å². The Balaban J connectivity index is 1.34. The number of amides is 1. The van der Waals surface area contributed by atoms with Crippen LogP contribution in [0, 0.1) is 5.92 Å². The van der Waals surface area contributed by atoms with E-state index in [1.807, 2.05) is 6.07 Å². The van der Waals surface area contributed by atoms with E-state index in [9.17, 15) is 4.79 Å². The molecule has 0 bridgehead atoms. The van der Waals surface area contributed by atoms with Crippen LogP contribution in [0.4, 0.5) is 5.82 Å². The number of methoxy groups -OCH3 is 1. The lowest BCUT2D eigenvalue weighted by molar-refractivity contribution is -0.122. The van der Waals surface area contributed by atoms with E-state index in [0.29, 0.717) is 18.3 Å². The smallest absolute Gasteiger partial charge is 0.318 e. The van der Waals surface area contributed by atoms with Crippen molar-refractivity contribution in [3.63, 3.8) is 0 Å². The second-order valence-electron chi connectivity index (χ2n) is 7.29. The van der Waals surface area contributed by atoms with Crippen LogP contribution in [-0.4, -0.2) is 67.2 Å². The Hall–Kier alpha value is -1.89. The van der Waals surface area contributed by atoms with Crippen LogP contribution in [0.5, 0.6) is 6.01 Å². The molecule has 2 saturated heterocycles. The molecule has 7 heteroatoms. The van der Waals surface area contributed by atoms with Crippen molar-refractivity contribution < 1.29 is 9.53 Å². The Morgan fingerprint density at radius 3 is 2.73 bits per heavy atom. The van der Waals surface area contributed by atoms with Gasteiger partial charge in [-0.3, -0.25) is 4.79 Å². The molecule has 1 aromatic heterocycles. The molecule has 1 N–H and O–H groups in total. The molecule has 1 amide bonds. The average Bonchev–Trinajstić information content (AvgIpc) is 2.69. The summed E-state index contributed by atoms with van der Waals surface area (Å²) in [6.45, 7) is 5.97. The number of carbonyl (C=O) groups excluding carboxylic acids is 1. The number of aromatic nitrogens is 2. The van der Waals surface area contributed by atoms with Gasteiger partial charge < -0.3 is 19.9 Å². The van der Waals surface area contributed by atoms with Crippen molar-refractivity contribution in [3.05, 3.63) is 12.3 Å². The first kappa shape index (κ1) is 18.9. The van der Waals surface area contributed by atoms with E-state index >= 15 is 0 Å². The van der Waals surface area contributed by atoms with Crippen LogP contribution in [0.1, 0.15) is 38.5 Å². The predicted octanol–water partition coefficient (Wildman–Crippen LogP) is 1.69. The number of nitrogens with zero attached hydrogens (tertiary/aromatic N) is 4. The Bertz CT molecular complexity index is 569. The zero-order chi connectivity index (χ0) is 18.2. The van der Waals surface area contributed by atoms with Crippen molar-refractivity contribution >= 4 is 11.7 Å². The van der Waals surface area contributed by atoms with Crippen molar-refractivity contribution in [3.8, 4) is 6.01 Å². The van der Waals surface area contributed by atoms with E-state index in [1.165, 1.54) is 32.4 Å². The first-order chi connectivity index (χ1) is 12.7. The van der Waals surface area contributed by atoms with Crippen LogP contribution in [0.25, 0.3) is 0 Å². The largest absolute Gasteiger partial charge is 0.467 e. The minimum atomic E-state index is 0.198. The monoisotopic (exact) mass is 361 g/mol. The summed E-state index contributed by atoms with van der Waals surface area (Å²) in [6, 6.07) is 2.31. The normalized spacial score (nSPS) is 19.3. The molecule has 0 aliphatic carbocycles. The summed E-state index contributed by atoms with van der Waals surface area (Å²) in [5, 5.41) is 3.10. The topological polar surface area (TPSA) is 70.6 Å². The molecule has 0 spiro atoms. The van der Waals surface area contributed by atoms with Gasteiger partial charge in [-0.25, -0.2) is 4.98 Å². The zero-order valence-corrected chi connectivity index (χ0v) is 15.8. The molecule has 144 valence electrons. The van der Waals surface area contributed by atoms with Crippen LogP contribution in [0.15, 0.2) is 12.3 Å². The average molecular weight is 361 g/mol. The molecule has 26 heavy (non-hydrogen) atoms. The molecule has 2 fully saturated rings. The second kappa shape index (κ2) is 9.71. The molecule has 0 saturated carbocycles. The first-order valence-electron chi connectivity index (χ1n) is 9.85. The number of ether oxygens (including phenoxy) is 1. The molecule has 3 heterocycles. The Labute approximate surface area is 156 Å². The van der Waals surface area contributed by atoms with Crippen molar-refractivity contribution in [2.45, 2.75) is 38.5 Å². The molecule has 1 aromatic rings. The van der Waals surface area contributed by atoms with Crippen LogP contribution in [0.2, 0.25) is 0 Å². The Morgan fingerprint density at radius 1 is 1.23 bits per heavy atom. The van der Waals surface area contributed by atoms with Crippen molar-refractivity contribution in [2.24, 2.45) is 5.92 Å². The van der Waals surface area contributed by atoms with E-state index < -0.39 is 0 Å². The summed E-state index contributed by atoms with van der Waals surface area (Å²) in [6.07, 6.45) is 8.35. The Morgan fingerprint density at radius 2 is 2.00 bits per heavy atom. The molecule has 0 aromatic carbocycles. The molecule has 0 atom stereocenters. The highest BCUT2D eigenvalue weighted by molar-refractivity contribution is 5.76. The second-order valence-corrected chi connectivity index (χ2v) is 7.29. The highest BCUT2D eigenvalue weighted by Crippen LogP contribution is 2.24. The highest BCUT2D eigenvalue weighted by atomic mass is 16.5. The highest BCUT2D eigenvalue weighted by Gasteiger charge is 2.22.